The minimum absolute atomic E-state index is 0.577. The summed E-state index contributed by atoms with van der Waals surface area (Å²) >= 11 is 0. The third kappa shape index (κ3) is 2.28. The first-order valence-corrected chi connectivity index (χ1v) is 5.72. The Morgan fingerprint density at radius 2 is 1.78 bits per heavy atom. The maximum atomic E-state index is 8.82. The predicted octanol–water partition coefficient (Wildman–Crippen LogP) is 3.22. The van der Waals surface area contributed by atoms with Crippen molar-refractivity contribution < 1.29 is 0 Å². The van der Waals surface area contributed by atoms with Crippen molar-refractivity contribution in [3.05, 3.63) is 53.6 Å². The quantitative estimate of drug-likeness (QED) is 0.816. The molecular weight excluding hydrogens is 222 g/mol. The number of nitriles is 1. The van der Waals surface area contributed by atoms with Crippen molar-refractivity contribution in [3.8, 4) is 6.07 Å². The molecule has 3 nitrogen and oxygen atoms in total. The van der Waals surface area contributed by atoms with Crippen LogP contribution in [-0.4, -0.2) is 7.05 Å². The van der Waals surface area contributed by atoms with Gasteiger partial charge in [0.15, 0.2) is 0 Å². The zero-order valence-electron chi connectivity index (χ0n) is 10.5. The predicted molar refractivity (Wildman–Crippen MR) is 74.8 cm³/mol. The molecule has 3 heteroatoms. The lowest BCUT2D eigenvalue weighted by molar-refractivity contribution is 1.21. The molecule has 90 valence electrons. The van der Waals surface area contributed by atoms with Gasteiger partial charge >= 0.3 is 0 Å². The topological polar surface area (TPSA) is 53.0 Å². The lowest BCUT2D eigenvalue weighted by Crippen LogP contribution is -2.11. The van der Waals surface area contributed by atoms with Gasteiger partial charge in [-0.3, -0.25) is 0 Å². The molecule has 2 aromatic rings. The molecule has 0 aliphatic rings. The Labute approximate surface area is 107 Å². The first kappa shape index (κ1) is 12.0. The van der Waals surface area contributed by atoms with E-state index in [-0.39, 0.29) is 0 Å². The van der Waals surface area contributed by atoms with E-state index in [0.717, 1.165) is 11.4 Å². The molecule has 0 amide bonds. The summed E-state index contributed by atoms with van der Waals surface area (Å²) in [5.41, 5.74) is 10.3. The van der Waals surface area contributed by atoms with Crippen LogP contribution in [0.15, 0.2) is 42.5 Å². The molecule has 0 saturated carbocycles. The molecule has 2 rings (SSSR count). The van der Waals surface area contributed by atoms with Crippen LogP contribution in [-0.2, 0) is 0 Å². The van der Waals surface area contributed by atoms with Gasteiger partial charge < -0.3 is 10.6 Å². The highest BCUT2D eigenvalue weighted by molar-refractivity contribution is 5.75. The highest BCUT2D eigenvalue weighted by Crippen LogP contribution is 2.29. The summed E-state index contributed by atoms with van der Waals surface area (Å²) < 4.78 is 0. The lowest BCUT2D eigenvalue weighted by Gasteiger charge is -2.21. The van der Waals surface area contributed by atoms with Gasteiger partial charge in [-0.05, 0) is 37.3 Å². The van der Waals surface area contributed by atoms with Gasteiger partial charge in [0.25, 0.3) is 0 Å². The Morgan fingerprint density at radius 3 is 2.33 bits per heavy atom. The number of nitrogens with zero attached hydrogens (tertiary/aromatic N) is 2. The fourth-order valence-corrected chi connectivity index (χ4v) is 1.84. The van der Waals surface area contributed by atoms with E-state index in [9.17, 15) is 0 Å². The zero-order chi connectivity index (χ0) is 13.1. The second-order valence-corrected chi connectivity index (χ2v) is 4.28. The smallest absolute Gasteiger partial charge is 0.0992 e. The number of anilines is 3. The number of aryl methyl sites for hydroxylation is 1. The first-order chi connectivity index (χ1) is 8.61. The minimum atomic E-state index is 0.577. The zero-order valence-corrected chi connectivity index (χ0v) is 10.5. The van der Waals surface area contributed by atoms with Crippen LogP contribution in [0.2, 0.25) is 0 Å². The number of rotatable bonds is 2. The van der Waals surface area contributed by atoms with Crippen LogP contribution in [0.4, 0.5) is 17.1 Å². The van der Waals surface area contributed by atoms with Crippen molar-refractivity contribution in [2.45, 2.75) is 6.92 Å². The maximum Gasteiger partial charge on any atom is 0.0992 e. The minimum Gasteiger partial charge on any atom is -0.397 e. The van der Waals surface area contributed by atoms with Crippen molar-refractivity contribution in [1.82, 2.24) is 0 Å². The Bertz CT molecular complexity index is 594. The first-order valence-electron chi connectivity index (χ1n) is 5.72. The summed E-state index contributed by atoms with van der Waals surface area (Å²) in [6.07, 6.45) is 0. The number of hydrogen-bond acceptors (Lipinski definition) is 3. The van der Waals surface area contributed by atoms with Crippen LogP contribution in [0.5, 0.6) is 0 Å². The second kappa shape index (κ2) is 4.80. The largest absolute Gasteiger partial charge is 0.397 e. The van der Waals surface area contributed by atoms with E-state index < -0.39 is 0 Å². The average molecular weight is 237 g/mol. The average Bonchev–Trinajstić information content (AvgIpc) is 2.38. The normalized spacial score (nSPS) is 9.83. The Balaban J connectivity index is 2.37. The van der Waals surface area contributed by atoms with Crippen molar-refractivity contribution in [2.75, 3.05) is 17.7 Å². The summed E-state index contributed by atoms with van der Waals surface area (Å²) in [7, 11) is 1.96. The van der Waals surface area contributed by atoms with E-state index in [1.54, 1.807) is 12.1 Å². The molecule has 2 aromatic carbocycles. The number of nitrogens with two attached hydrogens (primary N) is 1. The van der Waals surface area contributed by atoms with Crippen LogP contribution < -0.4 is 10.6 Å². The second-order valence-electron chi connectivity index (χ2n) is 4.28. The molecule has 0 radical (unpaired) electrons. The molecule has 0 aliphatic heterocycles. The molecule has 18 heavy (non-hydrogen) atoms. The summed E-state index contributed by atoms with van der Waals surface area (Å²) in [6.45, 7) is 2.06. The Morgan fingerprint density at radius 1 is 1.11 bits per heavy atom. The van der Waals surface area contributed by atoms with E-state index in [1.807, 2.05) is 30.1 Å². The van der Waals surface area contributed by atoms with Gasteiger partial charge in [-0.1, -0.05) is 17.7 Å². The van der Waals surface area contributed by atoms with Crippen LogP contribution >= 0.6 is 0 Å². The summed E-state index contributed by atoms with van der Waals surface area (Å²) in [6, 6.07) is 15.6. The van der Waals surface area contributed by atoms with Crippen LogP contribution in [0.3, 0.4) is 0 Å². The highest BCUT2D eigenvalue weighted by Gasteiger charge is 2.07. The van der Waals surface area contributed by atoms with E-state index in [1.165, 1.54) is 5.56 Å². The molecule has 0 fully saturated rings. The van der Waals surface area contributed by atoms with Gasteiger partial charge in [0, 0.05) is 12.7 Å². The van der Waals surface area contributed by atoms with Crippen molar-refractivity contribution in [1.29, 1.82) is 5.26 Å². The molecular formula is C15H15N3. The third-order valence-electron chi connectivity index (χ3n) is 2.94. The number of hydrogen-bond donors (Lipinski definition) is 1. The molecule has 0 aliphatic carbocycles. The van der Waals surface area contributed by atoms with Crippen LogP contribution in [0.25, 0.3) is 0 Å². The van der Waals surface area contributed by atoms with E-state index in [0.29, 0.717) is 11.3 Å². The van der Waals surface area contributed by atoms with Crippen LogP contribution in [0.1, 0.15) is 11.1 Å². The van der Waals surface area contributed by atoms with Gasteiger partial charge in [0.05, 0.1) is 23.0 Å². The summed E-state index contributed by atoms with van der Waals surface area (Å²) in [5, 5.41) is 8.82. The third-order valence-corrected chi connectivity index (χ3v) is 2.94. The van der Waals surface area contributed by atoms with Crippen molar-refractivity contribution >= 4 is 17.1 Å². The van der Waals surface area contributed by atoms with E-state index >= 15 is 0 Å². The highest BCUT2D eigenvalue weighted by atomic mass is 15.1. The van der Waals surface area contributed by atoms with Gasteiger partial charge in [-0.25, -0.2) is 0 Å². The molecule has 0 heterocycles. The summed E-state index contributed by atoms with van der Waals surface area (Å²) in [5.74, 6) is 0. The standard InChI is InChI=1S/C15H15N3/c1-11-3-6-13(7-4-11)18(2)15-8-5-12(10-16)9-14(15)17/h3-9H,17H2,1-2H3. The Hall–Kier alpha value is -2.47. The van der Waals surface area contributed by atoms with Crippen LogP contribution in [0, 0.1) is 18.3 Å². The molecule has 2 N–H and O–H groups in total. The fourth-order valence-electron chi connectivity index (χ4n) is 1.84. The van der Waals surface area contributed by atoms with Gasteiger partial charge in [-0.2, -0.15) is 5.26 Å². The Kier molecular flexibility index (Phi) is 3.20. The number of nitrogen functional groups attached to an aromatic ring is 1. The SMILES string of the molecule is Cc1ccc(N(C)c2ccc(C#N)cc2N)cc1. The van der Waals surface area contributed by atoms with Crippen molar-refractivity contribution in [3.63, 3.8) is 0 Å². The number of benzene rings is 2. The van der Waals surface area contributed by atoms with Gasteiger partial charge in [0.1, 0.15) is 0 Å². The molecule has 0 aromatic heterocycles. The molecule has 0 unspecified atom stereocenters. The van der Waals surface area contributed by atoms with E-state index in [2.05, 4.69) is 25.1 Å². The maximum absolute atomic E-state index is 8.82. The molecule has 0 atom stereocenters. The van der Waals surface area contributed by atoms with Gasteiger partial charge in [0.2, 0.25) is 0 Å². The van der Waals surface area contributed by atoms with Gasteiger partial charge in [-0.15, -0.1) is 0 Å². The molecule has 0 bridgehead atoms. The van der Waals surface area contributed by atoms with E-state index in [4.69, 9.17) is 11.0 Å². The molecule has 0 saturated heterocycles. The van der Waals surface area contributed by atoms with Crippen molar-refractivity contribution in [2.24, 2.45) is 0 Å². The fraction of sp³-hybridized carbons (Fsp3) is 0.133. The molecule has 0 spiro atoms. The lowest BCUT2D eigenvalue weighted by atomic mass is 10.1. The monoisotopic (exact) mass is 237 g/mol. The summed E-state index contributed by atoms with van der Waals surface area (Å²) in [4.78, 5) is 2.01.